The third-order valence-electron chi connectivity index (χ3n) is 14.0. The van der Waals surface area contributed by atoms with Crippen LogP contribution in [0.15, 0.2) is 34.4 Å². The first-order valence-electron chi connectivity index (χ1n) is 13.6. The van der Waals surface area contributed by atoms with Gasteiger partial charge in [-0.05, 0) is 63.2 Å². The summed E-state index contributed by atoms with van der Waals surface area (Å²) in [6.45, 7) is 22.2. The molecule has 10 atom stereocenters. The number of fused-ring (bicyclic) bond motifs is 10. The van der Waals surface area contributed by atoms with E-state index in [0.717, 1.165) is 0 Å². The van der Waals surface area contributed by atoms with Crippen LogP contribution < -0.4 is 0 Å². The molecule has 4 nitrogen and oxygen atoms in total. The third-order valence-corrected chi connectivity index (χ3v) is 14.0. The third kappa shape index (κ3) is 1.47. The molecule has 8 rings (SSSR count). The quantitative estimate of drug-likeness (QED) is 0.443. The molecule has 0 aromatic heterocycles. The highest BCUT2D eigenvalue weighted by molar-refractivity contribution is 5.53. The van der Waals surface area contributed by atoms with Crippen molar-refractivity contribution in [3.63, 3.8) is 0 Å². The molecule has 6 aliphatic carbocycles. The molecule has 0 aromatic rings. The van der Waals surface area contributed by atoms with E-state index in [9.17, 15) is 0 Å². The Kier molecular flexibility index (Phi) is 3.42. The van der Waals surface area contributed by atoms with Gasteiger partial charge in [-0.15, -0.1) is 0 Å². The lowest BCUT2D eigenvalue weighted by Crippen LogP contribution is -2.61. The first kappa shape index (κ1) is 21.2. The highest BCUT2D eigenvalue weighted by Crippen LogP contribution is 2.89. The van der Waals surface area contributed by atoms with Crippen LogP contribution in [0.2, 0.25) is 0 Å². The van der Waals surface area contributed by atoms with Gasteiger partial charge in [-0.2, -0.15) is 0 Å². The van der Waals surface area contributed by atoms with E-state index in [2.05, 4.69) is 67.5 Å². The lowest BCUT2D eigenvalue weighted by atomic mass is 9.38. The van der Waals surface area contributed by atoms with E-state index < -0.39 is 11.6 Å². The summed E-state index contributed by atoms with van der Waals surface area (Å²) in [6, 6.07) is 0. The van der Waals surface area contributed by atoms with Crippen molar-refractivity contribution in [3.05, 3.63) is 34.4 Å². The SMILES string of the molecule is CC1=C(C)[C@@]2(C)[C@@H]3[C@H]4[C@@H](C=C[C@H]5[C@@H]4[C@@]4(C)C(C)=C(C)[C@@]5(C)C45OCCO5)[C@H]3[C@@]1(C)C21OCCO1. The molecular formula is C30H40O4. The zero-order chi connectivity index (χ0) is 23.8. The summed E-state index contributed by atoms with van der Waals surface area (Å²) in [5.74, 6) is 2.22. The number of hydrogen-bond acceptors (Lipinski definition) is 4. The minimum absolute atomic E-state index is 0.0629. The Morgan fingerprint density at radius 2 is 0.971 bits per heavy atom. The molecule has 2 saturated heterocycles. The van der Waals surface area contributed by atoms with Gasteiger partial charge < -0.3 is 18.9 Å². The number of rotatable bonds is 0. The van der Waals surface area contributed by atoms with E-state index >= 15 is 0 Å². The van der Waals surface area contributed by atoms with Crippen molar-refractivity contribution in [1.82, 2.24) is 0 Å². The van der Waals surface area contributed by atoms with Crippen molar-refractivity contribution in [2.75, 3.05) is 26.4 Å². The van der Waals surface area contributed by atoms with Crippen molar-refractivity contribution in [1.29, 1.82) is 0 Å². The molecule has 0 amide bonds. The molecule has 2 heterocycles. The average Bonchev–Trinajstić information content (AvgIpc) is 3.58. The summed E-state index contributed by atoms with van der Waals surface area (Å²) in [7, 11) is 0. The van der Waals surface area contributed by atoms with Gasteiger partial charge in [0.15, 0.2) is 11.6 Å². The van der Waals surface area contributed by atoms with Gasteiger partial charge in [0, 0.05) is 21.7 Å². The van der Waals surface area contributed by atoms with Gasteiger partial charge in [0.25, 0.3) is 0 Å². The van der Waals surface area contributed by atoms with E-state index in [1.165, 1.54) is 22.3 Å². The van der Waals surface area contributed by atoms with Gasteiger partial charge in [0.2, 0.25) is 0 Å². The van der Waals surface area contributed by atoms with Crippen LogP contribution in [0.4, 0.5) is 0 Å². The van der Waals surface area contributed by atoms with Gasteiger partial charge in [0.05, 0.1) is 26.4 Å². The van der Waals surface area contributed by atoms with Crippen molar-refractivity contribution >= 4 is 0 Å². The highest BCUT2D eigenvalue weighted by atomic mass is 16.7. The largest absolute Gasteiger partial charge is 0.346 e. The van der Waals surface area contributed by atoms with E-state index in [4.69, 9.17) is 18.9 Å². The van der Waals surface area contributed by atoms with Crippen LogP contribution in [0.5, 0.6) is 0 Å². The van der Waals surface area contributed by atoms with Crippen molar-refractivity contribution in [3.8, 4) is 0 Å². The summed E-state index contributed by atoms with van der Waals surface area (Å²) in [6.07, 6.45) is 5.19. The molecule has 8 aliphatic rings. The summed E-state index contributed by atoms with van der Waals surface area (Å²) in [5, 5.41) is 0. The minimum atomic E-state index is -0.533. The van der Waals surface area contributed by atoms with Gasteiger partial charge in [-0.25, -0.2) is 0 Å². The molecule has 5 fully saturated rings. The standard InChI is InChI=1S/C30H40O4/c1-15-16(2)27(7)23-20(25(15,5)29(27)31-11-12-32-29)10-9-19-21(23)24-22(19)26(6)17(3)18(4)28(24,8)30(26)33-13-14-34-30/h9-10,19-24H,11-14H2,1-8H3/t19-,20+,21+,22-,23+,24-,25-,26+,27-,28+/m1/s1. The van der Waals surface area contributed by atoms with E-state index in [1.54, 1.807) is 0 Å². The molecule has 0 aromatic carbocycles. The normalized spacial score (nSPS) is 58.8. The molecule has 4 heteroatoms. The predicted molar refractivity (Wildman–Crippen MR) is 129 cm³/mol. The molecular weight excluding hydrogens is 424 g/mol. The second-order valence-corrected chi connectivity index (χ2v) is 13.6. The molecule has 184 valence electrons. The van der Waals surface area contributed by atoms with Crippen LogP contribution in [0, 0.1) is 57.2 Å². The fourth-order valence-corrected chi connectivity index (χ4v) is 12.4. The molecule has 0 radical (unpaired) electrons. The fraction of sp³-hybridized carbons (Fsp3) is 0.800. The summed E-state index contributed by atoms with van der Waals surface area (Å²) in [4.78, 5) is 0. The maximum absolute atomic E-state index is 6.73. The molecule has 4 bridgehead atoms. The molecule has 34 heavy (non-hydrogen) atoms. The number of ether oxygens (including phenoxy) is 4. The van der Waals surface area contributed by atoms with Crippen LogP contribution in [0.25, 0.3) is 0 Å². The molecule has 0 N–H and O–H groups in total. The Morgan fingerprint density at radius 1 is 0.559 bits per heavy atom. The number of allylic oxidation sites excluding steroid dienone is 2. The Balaban J connectivity index is 1.35. The maximum atomic E-state index is 6.73. The lowest BCUT2D eigenvalue weighted by Gasteiger charge is -2.64. The Bertz CT molecular complexity index is 1130. The first-order valence-corrected chi connectivity index (χ1v) is 13.6. The number of hydrogen-bond donors (Lipinski definition) is 0. The van der Waals surface area contributed by atoms with Crippen LogP contribution in [0.3, 0.4) is 0 Å². The molecule has 2 spiro atoms. The zero-order valence-corrected chi connectivity index (χ0v) is 22.1. The minimum Gasteiger partial charge on any atom is -0.346 e. The summed E-state index contributed by atoms with van der Waals surface area (Å²) >= 11 is 0. The van der Waals surface area contributed by atoms with Gasteiger partial charge >= 0.3 is 0 Å². The lowest BCUT2D eigenvalue weighted by molar-refractivity contribution is -0.252. The second kappa shape index (κ2) is 5.49. The van der Waals surface area contributed by atoms with Gasteiger partial charge in [0.1, 0.15) is 0 Å². The summed E-state index contributed by atoms with van der Waals surface area (Å²) < 4.78 is 26.9. The second-order valence-electron chi connectivity index (χ2n) is 13.6. The van der Waals surface area contributed by atoms with Gasteiger partial charge in [-0.3, -0.25) is 0 Å². The maximum Gasteiger partial charge on any atom is 0.187 e. The monoisotopic (exact) mass is 464 g/mol. The Hall–Kier alpha value is -0.940. The average molecular weight is 465 g/mol. The van der Waals surface area contributed by atoms with Crippen molar-refractivity contribution in [2.24, 2.45) is 57.2 Å². The van der Waals surface area contributed by atoms with Crippen LogP contribution in [-0.2, 0) is 18.9 Å². The van der Waals surface area contributed by atoms with Gasteiger partial charge in [-0.1, -0.05) is 62.1 Å². The first-order chi connectivity index (χ1) is 16.0. The van der Waals surface area contributed by atoms with Crippen LogP contribution in [0.1, 0.15) is 55.4 Å². The van der Waals surface area contributed by atoms with E-state index in [1.807, 2.05) is 0 Å². The zero-order valence-electron chi connectivity index (χ0n) is 22.1. The van der Waals surface area contributed by atoms with Crippen molar-refractivity contribution in [2.45, 2.75) is 67.0 Å². The van der Waals surface area contributed by atoms with Crippen LogP contribution in [-0.4, -0.2) is 38.0 Å². The summed E-state index contributed by atoms with van der Waals surface area (Å²) in [5.41, 5.74) is 5.68. The topological polar surface area (TPSA) is 36.9 Å². The fourth-order valence-electron chi connectivity index (χ4n) is 12.4. The predicted octanol–water partition coefficient (Wildman–Crippen LogP) is 5.51. The molecule has 2 aliphatic heterocycles. The van der Waals surface area contributed by atoms with Crippen LogP contribution >= 0.6 is 0 Å². The molecule has 0 unspecified atom stereocenters. The Morgan fingerprint density at radius 3 is 1.50 bits per heavy atom. The van der Waals surface area contributed by atoms with E-state index in [-0.39, 0.29) is 21.7 Å². The van der Waals surface area contributed by atoms with Crippen molar-refractivity contribution < 1.29 is 18.9 Å². The molecule has 3 saturated carbocycles. The smallest absolute Gasteiger partial charge is 0.187 e. The highest BCUT2D eigenvalue weighted by Gasteiger charge is 2.90. The Labute approximate surface area is 204 Å². The van der Waals surface area contributed by atoms with E-state index in [0.29, 0.717) is 61.9 Å².